The molecular weight excluding hydrogens is 275 g/mol. The maximum Gasteiger partial charge on any atom is 0.416 e. The van der Waals surface area contributed by atoms with E-state index in [0.717, 1.165) is 18.3 Å². The molecule has 0 atom stereocenters. The van der Waals surface area contributed by atoms with E-state index in [1.54, 1.807) is 12.1 Å². The van der Waals surface area contributed by atoms with Gasteiger partial charge in [-0.2, -0.15) is 36.3 Å². The van der Waals surface area contributed by atoms with E-state index in [-0.39, 0.29) is 17.0 Å². The van der Waals surface area contributed by atoms with Gasteiger partial charge in [0, 0.05) is 17.6 Å². The van der Waals surface area contributed by atoms with Gasteiger partial charge in [-0.3, -0.25) is 0 Å². The van der Waals surface area contributed by atoms with E-state index in [9.17, 15) is 13.2 Å². The molecule has 0 aliphatic heterocycles. The molecule has 0 amide bonds. The topological polar surface area (TPSA) is 59.6 Å². The van der Waals surface area contributed by atoms with Crippen molar-refractivity contribution in [3.05, 3.63) is 41.1 Å². The average molecular weight is 283 g/mol. The Morgan fingerprint density at radius 2 is 1.95 bits per heavy atom. The summed E-state index contributed by atoms with van der Waals surface area (Å²) >= 11 is 4.01. The first-order chi connectivity index (χ1) is 8.92. The molecule has 0 unspecified atom stereocenters. The van der Waals surface area contributed by atoms with Crippen LogP contribution in [0.3, 0.4) is 0 Å². The van der Waals surface area contributed by atoms with Gasteiger partial charge in [-0.15, -0.1) is 0 Å². The minimum atomic E-state index is -4.46. The number of hydrogen-bond acceptors (Lipinski definition) is 4. The molecular formula is C12H8F3N3S. The summed E-state index contributed by atoms with van der Waals surface area (Å²) in [5, 5.41) is 19.6. The van der Waals surface area contributed by atoms with Crippen molar-refractivity contribution in [2.45, 2.75) is 11.9 Å². The number of nitrogens with zero attached hydrogens (tertiary/aromatic N) is 2. The van der Waals surface area contributed by atoms with Crippen molar-refractivity contribution in [1.29, 1.82) is 10.5 Å². The van der Waals surface area contributed by atoms with Crippen LogP contribution in [0.5, 0.6) is 0 Å². The third-order valence-electron chi connectivity index (χ3n) is 2.22. The first kappa shape index (κ1) is 14.9. The highest BCUT2D eigenvalue weighted by Gasteiger charge is 2.30. The maximum atomic E-state index is 12.6. The van der Waals surface area contributed by atoms with E-state index < -0.39 is 11.7 Å². The summed E-state index contributed by atoms with van der Waals surface area (Å²) in [4.78, 5) is 0. The monoisotopic (exact) mass is 283 g/mol. The zero-order valence-corrected chi connectivity index (χ0v) is 10.4. The Kier molecular flexibility index (Phi) is 4.85. The van der Waals surface area contributed by atoms with Gasteiger partial charge in [0.1, 0.15) is 17.7 Å². The van der Waals surface area contributed by atoms with Gasteiger partial charge in [-0.1, -0.05) is 6.07 Å². The van der Waals surface area contributed by atoms with Crippen LogP contribution in [0.2, 0.25) is 0 Å². The summed E-state index contributed by atoms with van der Waals surface area (Å²) in [6, 6.07) is 6.36. The Hall–Kier alpha value is -2.12. The lowest BCUT2D eigenvalue weighted by molar-refractivity contribution is -0.137. The number of thiol groups is 1. The second-order valence-electron chi connectivity index (χ2n) is 3.45. The van der Waals surface area contributed by atoms with Crippen LogP contribution in [0.1, 0.15) is 11.1 Å². The first-order valence-electron chi connectivity index (χ1n) is 5.00. The third kappa shape index (κ3) is 3.94. The van der Waals surface area contributed by atoms with Gasteiger partial charge < -0.3 is 5.32 Å². The van der Waals surface area contributed by atoms with E-state index in [0.29, 0.717) is 5.56 Å². The lowest BCUT2D eigenvalue weighted by atomic mass is 10.1. The summed E-state index contributed by atoms with van der Waals surface area (Å²) in [5.41, 5.74) is -0.359. The number of anilines is 1. The van der Waals surface area contributed by atoms with E-state index >= 15 is 0 Å². The highest BCUT2D eigenvalue weighted by atomic mass is 32.1. The highest BCUT2D eigenvalue weighted by molar-refractivity contribution is 7.79. The Morgan fingerprint density at radius 3 is 2.42 bits per heavy atom. The second-order valence-corrected chi connectivity index (χ2v) is 3.77. The summed E-state index contributed by atoms with van der Waals surface area (Å²) in [7, 11) is 0. The zero-order valence-electron chi connectivity index (χ0n) is 9.49. The molecule has 0 aliphatic carbocycles. The van der Waals surface area contributed by atoms with Gasteiger partial charge in [0.25, 0.3) is 0 Å². The molecule has 3 nitrogen and oxygen atoms in total. The number of benzene rings is 1. The maximum absolute atomic E-state index is 12.6. The van der Waals surface area contributed by atoms with Crippen molar-refractivity contribution in [2.75, 3.05) is 5.32 Å². The van der Waals surface area contributed by atoms with Crippen molar-refractivity contribution in [3.63, 3.8) is 0 Å². The Balaban J connectivity index is 3.15. The molecule has 0 saturated heterocycles. The minimum absolute atomic E-state index is 0.160. The molecule has 0 spiro atoms. The van der Waals surface area contributed by atoms with E-state index in [4.69, 9.17) is 10.5 Å². The molecule has 0 aromatic heterocycles. The lowest BCUT2D eigenvalue weighted by Gasteiger charge is -2.12. The quantitative estimate of drug-likeness (QED) is 0.659. The summed E-state index contributed by atoms with van der Waals surface area (Å²) in [5.74, 6) is 0.225. The van der Waals surface area contributed by atoms with E-state index in [1.807, 2.05) is 0 Å². The number of nitrogens with one attached hydrogen (secondary N) is 1. The molecule has 0 heterocycles. The molecule has 98 valence electrons. The minimum Gasteiger partial charge on any atom is -0.360 e. The van der Waals surface area contributed by atoms with Crippen LogP contribution in [-0.4, -0.2) is 0 Å². The molecule has 0 saturated carbocycles. The number of hydrogen-bond donors (Lipinski definition) is 2. The predicted molar refractivity (Wildman–Crippen MR) is 67.1 cm³/mol. The SMILES string of the molecule is N#CC(C#N)=CNc1cc(C(F)(F)F)ccc1CS. The van der Waals surface area contributed by atoms with Gasteiger partial charge in [0.2, 0.25) is 0 Å². The van der Waals surface area contributed by atoms with Crippen molar-refractivity contribution in [3.8, 4) is 12.1 Å². The molecule has 1 aromatic rings. The summed E-state index contributed by atoms with van der Waals surface area (Å²) in [6.07, 6.45) is -3.40. The van der Waals surface area contributed by atoms with Gasteiger partial charge in [-0.05, 0) is 17.7 Å². The van der Waals surface area contributed by atoms with Gasteiger partial charge in [0.15, 0.2) is 0 Å². The average Bonchev–Trinajstić information content (AvgIpc) is 2.38. The van der Waals surface area contributed by atoms with Crippen molar-refractivity contribution >= 4 is 18.3 Å². The number of rotatable bonds is 3. The smallest absolute Gasteiger partial charge is 0.360 e. The van der Waals surface area contributed by atoms with Crippen LogP contribution < -0.4 is 5.32 Å². The first-order valence-corrected chi connectivity index (χ1v) is 5.63. The molecule has 1 aromatic carbocycles. The zero-order chi connectivity index (χ0) is 14.5. The van der Waals surface area contributed by atoms with E-state index in [2.05, 4.69) is 17.9 Å². The van der Waals surface area contributed by atoms with Crippen LogP contribution in [0.15, 0.2) is 30.0 Å². The molecule has 0 bridgehead atoms. The third-order valence-corrected chi connectivity index (χ3v) is 2.56. The highest BCUT2D eigenvalue weighted by Crippen LogP contribution is 2.32. The lowest BCUT2D eigenvalue weighted by Crippen LogP contribution is -2.06. The molecule has 19 heavy (non-hydrogen) atoms. The Morgan fingerprint density at radius 1 is 1.32 bits per heavy atom. The second kappa shape index (κ2) is 6.17. The van der Waals surface area contributed by atoms with E-state index in [1.165, 1.54) is 6.07 Å². The van der Waals surface area contributed by atoms with Crippen molar-refractivity contribution < 1.29 is 13.2 Å². The fourth-order valence-corrected chi connectivity index (χ4v) is 1.54. The molecule has 1 rings (SSSR count). The number of nitriles is 2. The van der Waals surface area contributed by atoms with Crippen LogP contribution in [0, 0.1) is 22.7 Å². The van der Waals surface area contributed by atoms with Crippen molar-refractivity contribution in [2.24, 2.45) is 0 Å². The van der Waals surface area contributed by atoms with Crippen LogP contribution >= 0.6 is 12.6 Å². The summed E-state index contributed by atoms with van der Waals surface area (Å²) < 4.78 is 37.7. The standard InChI is InChI=1S/C12H8F3N3S/c13-12(14,15)10-2-1-9(7-19)11(3-10)18-6-8(4-16)5-17/h1-3,6,18-19H,7H2. The number of alkyl halides is 3. The largest absolute Gasteiger partial charge is 0.416 e. The van der Waals surface area contributed by atoms with Gasteiger partial charge >= 0.3 is 6.18 Å². The number of allylic oxidation sites excluding steroid dienone is 1. The van der Waals surface area contributed by atoms with Gasteiger partial charge in [-0.25, -0.2) is 0 Å². The summed E-state index contributed by atoms with van der Waals surface area (Å²) in [6.45, 7) is 0. The molecule has 0 fully saturated rings. The molecule has 1 N–H and O–H groups in total. The number of halogens is 3. The fourth-order valence-electron chi connectivity index (χ4n) is 1.26. The Labute approximate surface area is 113 Å². The van der Waals surface area contributed by atoms with Crippen LogP contribution in [-0.2, 0) is 11.9 Å². The Bertz CT molecular complexity index is 563. The molecule has 7 heteroatoms. The molecule has 0 aliphatic rings. The normalized spacial score (nSPS) is 10.2. The fraction of sp³-hybridized carbons (Fsp3) is 0.167. The van der Waals surface area contributed by atoms with Crippen molar-refractivity contribution in [1.82, 2.24) is 0 Å². The van der Waals surface area contributed by atoms with Crippen LogP contribution in [0.25, 0.3) is 0 Å². The molecule has 0 radical (unpaired) electrons. The predicted octanol–water partition coefficient (Wildman–Crippen LogP) is 3.48. The van der Waals surface area contributed by atoms with Gasteiger partial charge in [0.05, 0.1) is 5.56 Å². The van der Waals surface area contributed by atoms with Crippen LogP contribution in [0.4, 0.5) is 18.9 Å².